The van der Waals surface area contributed by atoms with Gasteiger partial charge in [-0.2, -0.15) is 6.07 Å². The van der Waals surface area contributed by atoms with E-state index in [0.29, 0.717) is 5.56 Å². The van der Waals surface area contributed by atoms with Crippen molar-refractivity contribution in [2.75, 3.05) is 0 Å². The van der Waals surface area contributed by atoms with Crippen molar-refractivity contribution >= 4 is 17.1 Å². The van der Waals surface area contributed by atoms with Crippen molar-refractivity contribution in [1.82, 2.24) is 0 Å². The van der Waals surface area contributed by atoms with Gasteiger partial charge in [0.15, 0.2) is 0 Å². The standard InChI is InChI=1S/C11H7O/c12-8-10-6-3-5-9-4-1-2-7-11(9)10/h1-7H/q-1. The normalized spacial score (nSPS) is 10.0. The first-order chi connectivity index (χ1) is 5.92. The van der Waals surface area contributed by atoms with Crippen LogP contribution in [0.2, 0.25) is 0 Å². The lowest BCUT2D eigenvalue weighted by Crippen LogP contribution is -1.81. The summed E-state index contributed by atoms with van der Waals surface area (Å²) < 4.78 is 0. The van der Waals surface area contributed by atoms with Gasteiger partial charge in [0.2, 0.25) is 0 Å². The molecule has 0 aromatic heterocycles. The third-order valence-corrected chi connectivity index (χ3v) is 1.90. The fourth-order valence-corrected chi connectivity index (χ4v) is 1.31. The molecular weight excluding hydrogens is 148 g/mol. The smallest absolute Gasteiger partial charge is 0.0632 e. The molecule has 1 heteroatoms. The lowest BCUT2D eigenvalue weighted by molar-refractivity contribution is 0.563. The van der Waals surface area contributed by atoms with Gasteiger partial charge in [0.25, 0.3) is 0 Å². The Kier molecular flexibility index (Phi) is 1.63. The molecule has 2 rings (SSSR count). The molecule has 0 aliphatic rings. The molecule has 2 aromatic carbocycles. The lowest BCUT2D eigenvalue weighted by atomic mass is 10.1. The Labute approximate surface area is 70.6 Å². The van der Waals surface area contributed by atoms with Gasteiger partial charge in [0.1, 0.15) is 0 Å². The van der Waals surface area contributed by atoms with E-state index in [1.165, 1.54) is 0 Å². The molecule has 0 aliphatic heterocycles. The monoisotopic (exact) mass is 155 g/mol. The van der Waals surface area contributed by atoms with Gasteiger partial charge < -0.3 is 4.79 Å². The molecule has 0 fully saturated rings. The maximum atomic E-state index is 10.5. The van der Waals surface area contributed by atoms with Crippen LogP contribution in [0.4, 0.5) is 0 Å². The minimum Gasteiger partial charge on any atom is -0.376 e. The van der Waals surface area contributed by atoms with Crippen molar-refractivity contribution in [3.63, 3.8) is 0 Å². The van der Waals surface area contributed by atoms with Crippen LogP contribution < -0.4 is 0 Å². The molecule has 0 spiro atoms. The fraction of sp³-hybridized carbons (Fsp3) is 0. The molecule has 0 atom stereocenters. The Morgan fingerprint density at radius 1 is 0.917 bits per heavy atom. The zero-order chi connectivity index (χ0) is 8.39. The summed E-state index contributed by atoms with van der Waals surface area (Å²) in [6, 6.07) is 13.4. The van der Waals surface area contributed by atoms with Crippen molar-refractivity contribution in [3.05, 3.63) is 48.0 Å². The SMILES string of the molecule is O=[C-]c1cccc2ccccc12. The summed E-state index contributed by atoms with van der Waals surface area (Å²) in [5.74, 6) is 0. The van der Waals surface area contributed by atoms with Crippen LogP contribution in [0.5, 0.6) is 0 Å². The summed E-state index contributed by atoms with van der Waals surface area (Å²) in [5.41, 5.74) is 0.633. The lowest BCUT2D eigenvalue weighted by Gasteiger charge is -2.06. The molecule has 2 aromatic rings. The molecule has 0 saturated heterocycles. The summed E-state index contributed by atoms with van der Waals surface area (Å²) in [4.78, 5) is 10.5. The summed E-state index contributed by atoms with van der Waals surface area (Å²) >= 11 is 0. The number of hydrogen-bond donors (Lipinski definition) is 0. The van der Waals surface area contributed by atoms with E-state index in [0.717, 1.165) is 10.8 Å². The van der Waals surface area contributed by atoms with E-state index in [9.17, 15) is 4.79 Å². The van der Waals surface area contributed by atoms with Crippen molar-refractivity contribution in [2.24, 2.45) is 0 Å². The zero-order valence-corrected chi connectivity index (χ0v) is 6.45. The molecule has 1 nitrogen and oxygen atoms in total. The second kappa shape index (κ2) is 2.78. The summed E-state index contributed by atoms with van der Waals surface area (Å²) in [6.45, 7) is 0. The Bertz CT molecular complexity index is 413. The van der Waals surface area contributed by atoms with Gasteiger partial charge in [-0.15, -0.1) is 23.1 Å². The van der Waals surface area contributed by atoms with Crippen LogP contribution in [0, 0.1) is 0 Å². The molecule has 0 N–H and O–H groups in total. The molecule has 0 heterocycles. The van der Waals surface area contributed by atoms with E-state index in [-0.39, 0.29) is 0 Å². The van der Waals surface area contributed by atoms with Crippen molar-refractivity contribution in [3.8, 4) is 0 Å². The molecule has 0 amide bonds. The van der Waals surface area contributed by atoms with Gasteiger partial charge in [0.05, 0.1) is 6.29 Å². The first kappa shape index (κ1) is 7.04. The van der Waals surface area contributed by atoms with Gasteiger partial charge in [0, 0.05) is 0 Å². The van der Waals surface area contributed by atoms with E-state index < -0.39 is 0 Å². The maximum absolute atomic E-state index is 10.5. The van der Waals surface area contributed by atoms with Crippen LogP contribution in [-0.4, -0.2) is 6.29 Å². The third-order valence-electron chi connectivity index (χ3n) is 1.90. The molecule has 58 valence electrons. The van der Waals surface area contributed by atoms with Crippen LogP contribution in [0.3, 0.4) is 0 Å². The highest BCUT2D eigenvalue weighted by molar-refractivity contribution is 5.98. The summed E-state index contributed by atoms with van der Waals surface area (Å²) in [6.07, 6.45) is 1.92. The van der Waals surface area contributed by atoms with Crippen LogP contribution in [0.25, 0.3) is 10.8 Å². The summed E-state index contributed by atoms with van der Waals surface area (Å²) in [5, 5.41) is 2.05. The molecule has 0 saturated carbocycles. The Hall–Kier alpha value is -1.63. The second-order valence-electron chi connectivity index (χ2n) is 2.63. The van der Waals surface area contributed by atoms with Crippen molar-refractivity contribution in [1.29, 1.82) is 0 Å². The molecule has 0 radical (unpaired) electrons. The molecular formula is C11H7O-. The van der Waals surface area contributed by atoms with Crippen LogP contribution in [0.1, 0.15) is 5.56 Å². The van der Waals surface area contributed by atoms with Crippen molar-refractivity contribution < 1.29 is 4.79 Å². The number of carbonyl (C=O) groups excluding carboxylic acids is 1. The van der Waals surface area contributed by atoms with Crippen LogP contribution in [0.15, 0.2) is 42.5 Å². The van der Waals surface area contributed by atoms with Crippen molar-refractivity contribution in [2.45, 2.75) is 0 Å². The van der Waals surface area contributed by atoms with E-state index in [4.69, 9.17) is 0 Å². The minimum absolute atomic E-state index is 0.633. The first-order valence-electron chi connectivity index (χ1n) is 3.78. The molecule has 12 heavy (non-hydrogen) atoms. The summed E-state index contributed by atoms with van der Waals surface area (Å²) in [7, 11) is 0. The van der Waals surface area contributed by atoms with Crippen LogP contribution in [-0.2, 0) is 4.79 Å². The molecule has 0 bridgehead atoms. The van der Waals surface area contributed by atoms with E-state index >= 15 is 0 Å². The fourth-order valence-electron chi connectivity index (χ4n) is 1.31. The first-order valence-corrected chi connectivity index (χ1v) is 3.78. The predicted octanol–water partition coefficient (Wildman–Crippen LogP) is 2.30. The van der Waals surface area contributed by atoms with Gasteiger partial charge in [-0.05, 0) is 0 Å². The van der Waals surface area contributed by atoms with E-state index in [1.807, 2.05) is 42.7 Å². The highest BCUT2D eigenvalue weighted by Crippen LogP contribution is 2.16. The minimum atomic E-state index is 0.633. The number of fused-ring (bicyclic) bond motifs is 1. The van der Waals surface area contributed by atoms with Crippen LogP contribution >= 0.6 is 0 Å². The number of hydrogen-bond acceptors (Lipinski definition) is 1. The Morgan fingerprint density at radius 3 is 2.50 bits per heavy atom. The van der Waals surface area contributed by atoms with E-state index in [2.05, 4.69) is 0 Å². The zero-order valence-electron chi connectivity index (χ0n) is 6.45. The van der Waals surface area contributed by atoms with Gasteiger partial charge in [-0.25, -0.2) is 0 Å². The quantitative estimate of drug-likeness (QED) is 0.577. The molecule has 0 aliphatic carbocycles. The van der Waals surface area contributed by atoms with Gasteiger partial charge in [-0.3, -0.25) is 0 Å². The Balaban J connectivity index is 2.88. The highest BCUT2D eigenvalue weighted by Gasteiger charge is 1.87. The van der Waals surface area contributed by atoms with Gasteiger partial charge in [-0.1, -0.05) is 29.7 Å². The second-order valence-corrected chi connectivity index (χ2v) is 2.63. The Morgan fingerprint density at radius 2 is 1.67 bits per heavy atom. The highest BCUT2D eigenvalue weighted by atomic mass is 16.1. The number of rotatable bonds is 1. The molecule has 0 unspecified atom stereocenters. The third kappa shape index (κ3) is 0.996. The average molecular weight is 155 g/mol. The van der Waals surface area contributed by atoms with E-state index in [1.54, 1.807) is 6.07 Å². The van der Waals surface area contributed by atoms with Gasteiger partial charge >= 0.3 is 0 Å². The number of benzene rings is 2. The average Bonchev–Trinajstić information content (AvgIpc) is 2.17. The topological polar surface area (TPSA) is 17.1 Å². The predicted molar refractivity (Wildman–Crippen MR) is 48.7 cm³/mol. The maximum Gasteiger partial charge on any atom is 0.0632 e. The largest absolute Gasteiger partial charge is 0.376 e.